The molecule has 8 nitrogen and oxygen atoms in total. The molecule has 1 amide bonds. The molecule has 0 saturated heterocycles. The van der Waals surface area contributed by atoms with Crippen molar-refractivity contribution in [1.82, 2.24) is 20.3 Å². The molecule has 2 rings (SSSR count). The molecule has 21 heavy (non-hydrogen) atoms. The minimum atomic E-state index is -1.18. The fraction of sp³-hybridized carbons (Fsp3) is 0.231. The summed E-state index contributed by atoms with van der Waals surface area (Å²) in [5.41, 5.74) is -0.199. The minimum absolute atomic E-state index is 0.0916. The van der Waals surface area contributed by atoms with Gasteiger partial charge < -0.3 is 15.2 Å². The number of para-hydroxylation sites is 1. The van der Waals surface area contributed by atoms with Gasteiger partial charge in [-0.2, -0.15) is 0 Å². The lowest BCUT2D eigenvalue weighted by Crippen LogP contribution is -2.31. The number of nitrogens with zero attached hydrogens (tertiary/aromatic N) is 3. The molecule has 1 aromatic heterocycles. The third kappa shape index (κ3) is 4.60. The Morgan fingerprint density at radius 1 is 1.29 bits per heavy atom. The predicted octanol–water partition coefficient (Wildman–Crippen LogP) is 0.171. The number of hydrogen-bond donors (Lipinski definition) is 2. The quantitative estimate of drug-likeness (QED) is 0.704. The van der Waals surface area contributed by atoms with Crippen molar-refractivity contribution in [1.29, 1.82) is 0 Å². The van der Waals surface area contributed by atoms with Crippen LogP contribution in [0.1, 0.15) is 10.5 Å². The number of carboxylic acids is 1. The van der Waals surface area contributed by atoms with Gasteiger partial charge in [-0.1, -0.05) is 23.4 Å². The van der Waals surface area contributed by atoms with E-state index in [2.05, 4.69) is 15.6 Å². The second kappa shape index (κ2) is 7.04. The molecule has 0 saturated carbocycles. The number of aromatic carboxylic acids is 1. The van der Waals surface area contributed by atoms with Crippen molar-refractivity contribution >= 4 is 11.9 Å². The van der Waals surface area contributed by atoms with Gasteiger partial charge in [-0.15, -0.1) is 5.10 Å². The van der Waals surface area contributed by atoms with E-state index < -0.39 is 5.97 Å². The zero-order chi connectivity index (χ0) is 15.1. The van der Waals surface area contributed by atoms with Crippen molar-refractivity contribution in [2.24, 2.45) is 0 Å². The van der Waals surface area contributed by atoms with E-state index in [9.17, 15) is 9.59 Å². The Hall–Kier alpha value is -2.90. The monoisotopic (exact) mass is 290 g/mol. The van der Waals surface area contributed by atoms with E-state index >= 15 is 0 Å². The van der Waals surface area contributed by atoms with Gasteiger partial charge in [0, 0.05) is 0 Å². The zero-order valence-electron chi connectivity index (χ0n) is 11.1. The highest BCUT2D eigenvalue weighted by molar-refractivity contribution is 5.84. The average molecular weight is 290 g/mol. The summed E-state index contributed by atoms with van der Waals surface area (Å²) in [6.07, 6.45) is 1.20. The van der Waals surface area contributed by atoms with Crippen molar-refractivity contribution in [3.8, 4) is 5.75 Å². The van der Waals surface area contributed by atoms with Gasteiger partial charge in [0.2, 0.25) is 5.91 Å². The summed E-state index contributed by atoms with van der Waals surface area (Å²) in [4.78, 5) is 22.2. The van der Waals surface area contributed by atoms with E-state index in [4.69, 9.17) is 9.84 Å². The zero-order valence-corrected chi connectivity index (χ0v) is 11.1. The van der Waals surface area contributed by atoms with Crippen LogP contribution in [0.4, 0.5) is 0 Å². The summed E-state index contributed by atoms with van der Waals surface area (Å²) in [5.74, 6) is -0.749. The molecule has 1 aromatic carbocycles. The highest BCUT2D eigenvalue weighted by atomic mass is 16.5. The molecule has 1 heterocycles. The molecule has 2 aromatic rings. The van der Waals surface area contributed by atoms with E-state index in [-0.39, 0.29) is 18.1 Å². The molecular formula is C13H14N4O4. The van der Waals surface area contributed by atoms with Gasteiger partial charge in [-0.05, 0) is 12.1 Å². The van der Waals surface area contributed by atoms with Gasteiger partial charge in [0.15, 0.2) is 5.69 Å². The number of amides is 1. The first-order valence-corrected chi connectivity index (χ1v) is 6.23. The third-order valence-corrected chi connectivity index (χ3v) is 2.50. The molecule has 110 valence electrons. The summed E-state index contributed by atoms with van der Waals surface area (Å²) in [5, 5.41) is 18.3. The normalized spacial score (nSPS) is 10.1. The molecule has 0 radical (unpaired) electrons. The van der Waals surface area contributed by atoms with E-state index in [1.165, 1.54) is 6.20 Å². The van der Waals surface area contributed by atoms with Crippen molar-refractivity contribution < 1.29 is 19.4 Å². The third-order valence-electron chi connectivity index (χ3n) is 2.50. The number of ether oxygens (including phenoxy) is 1. The molecule has 0 aliphatic carbocycles. The Morgan fingerprint density at radius 3 is 2.71 bits per heavy atom. The van der Waals surface area contributed by atoms with Crippen molar-refractivity contribution in [2.75, 3.05) is 13.2 Å². The summed E-state index contributed by atoms with van der Waals surface area (Å²) in [6.45, 7) is 0.591. The van der Waals surface area contributed by atoms with Crippen molar-refractivity contribution in [2.45, 2.75) is 6.54 Å². The SMILES string of the molecule is O=C(Cn1cc(C(=O)O)nn1)NCCOc1ccccc1. The number of carbonyl (C=O) groups excluding carboxylic acids is 1. The maximum absolute atomic E-state index is 11.6. The van der Waals surface area contributed by atoms with Crippen LogP contribution in [0, 0.1) is 0 Å². The highest BCUT2D eigenvalue weighted by Crippen LogP contribution is 2.07. The van der Waals surface area contributed by atoms with E-state index in [0.29, 0.717) is 13.2 Å². The molecule has 8 heteroatoms. The number of nitrogens with one attached hydrogen (secondary N) is 1. The lowest BCUT2D eigenvalue weighted by molar-refractivity contribution is -0.121. The van der Waals surface area contributed by atoms with Crippen LogP contribution in [-0.2, 0) is 11.3 Å². The van der Waals surface area contributed by atoms with E-state index in [1.54, 1.807) is 0 Å². The van der Waals surface area contributed by atoms with E-state index in [0.717, 1.165) is 10.4 Å². The fourth-order valence-corrected chi connectivity index (χ4v) is 1.55. The smallest absolute Gasteiger partial charge is 0.358 e. The van der Waals surface area contributed by atoms with Gasteiger partial charge in [-0.3, -0.25) is 4.79 Å². The Kier molecular flexibility index (Phi) is 4.86. The standard InChI is InChI=1S/C13H14N4O4/c18-12(9-17-8-11(13(19)20)15-16-17)14-6-7-21-10-4-2-1-3-5-10/h1-5,8H,6-7,9H2,(H,14,18)(H,19,20). The molecule has 2 N–H and O–H groups in total. The molecule has 0 atom stereocenters. The topological polar surface area (TPSA) is 106 Å². The summed E-state index contributed by atoms with van der Waals surface area (Å²) in [7, 11) is 0. The van der Waals surface area contributed by atoms with Crippen LogP contribution < -0.4 is 10.1 Å². The Morgan fingerprint density at radius 2 is 2.05 bits per heavy atom. The number of carbonyl (C=O) groups is 2. The second-order valence-electron chi connectivity index (χ2n) is 4.12. The Balaban J connectivity index is 1.68. The minimum Gasteiger partial charge on any atom is -0.492 e. The Labute approximate surface area is 120 Å². The first-order chi connectivity index (χ1) is 10.1. The highest BCUT2D eigenvalue weighted by Gasteiger charge is 2.10. The van der Waals surface area contributed by atoms with E-state index in [1.807, 2.05) is 30.3 Å². The number of benzene rings is 1. The molecule has 0 bridgehead atoms. The summed E-state index contributed by atoms with van der Waals surface area (Å²) < 4.78 is 6.58. The molecule has 0 aliphatic heterocycles. The first-order valence-electron chi connectivity index (χ1n) is 6.23. The van der Waals surface area contributed by atoms with Crippen LogP contribution in [0.5, 0.6) is 5.75 Å². The molecular weight excluding hydrogens is 276 g/mol. The number of rotatable bonds is 7. The largest absolute Gasteiger partial charge is 0.492 e. The van der Waals surface area contributed by atoms with Crippen LogP contribution in [0.25, 0.3) is 0 Å². The van der Waals surface area contributed by atoms with Crippen LogP contribution in [0.3, 0.4) is 0 Å². The second-order valence-corrected chi connectivity index (χ2v) is 4.12. The molecule has 0 fully saturated rings. The van der Waals surface area contributed by atoms with Gasteiger partial charge in [0.25, 0.3) is 0 Å². The average Bonchev–Trinajstić information content (AvgIpc) is 2.93. The van der Waals surface area contributed by atoms with Crippen LogP contribution in [0.2, 0.25) is 0 Å². The molecule has 0 spiro atoms. The molecule has 0 aliphatic rings. The Bertz CT molecular complexity index is 612. The van der Waals surface area contributed by atoms with Crippen LogP contribution in [-0.4, -0.2) is 45.1 Å². The molecule has 0 unspecified atom stereocenters. The van der Waals surface area contributed by atoms with Gasteiger partial charge in [0.05, 0.1) is 12.7 Å². The first kappa shape index (κ1) is 14.5. The summed E-state index contributed by atoms with van der Waals surface area (Å²) in [6, 6.07) is 9.25. The van der Waals surface area contributed by atoms with Crippen molar-refractivity contribution in [3.63, 3.8) is 0 Å². The van der Waals surface area contributed by atoms with Crippen LogP contribution >= 0.6 is 0 Å². The van der Waals surface area contributed by atoms with Gasteiger partial charge in [0.1, 0.15) is 18.9 Å². The maximum atomic E-state index is 11.6. The maximum Gasteiger partial charge on any atom is 0.358 e. The van der Waals surface area contributed by atoms with Gasteiger partial charge >= 0.3 is 5.97 Å². The van der Waals surface area contributed by atoms with Crippen LogP contribution in [0.15, 0.2) is 36.5 Å². The number of carboxylic acid groups (broad SMARTS) is 1. The lowest BCUT2D eigenvalue weighted by Gasteiger charge is -2.07. The van der Waals surface area contributed by atoms with Crippen molar-refractivity contribution in [3.05, 3.63) is 42.2 Å². The lowest BCUT2D eigenvalue weighted by atomic mass is 10.3. The summed E-state index contributed by atoms with van der Waals surface area (Å²) >= 11 is 0. The predicted molar refractivity (Wildman–Crippen MR) is 71.9 cm³/mol. The number of hydrogen-bond acceptors (Lipinski definition) is 5. The van der Waals surface area contributed by atoms with Gasteiger partial charge in [-0.25, -0.2) is 9.48 Å². The number of aromatic nitrogens is 3. The fourth-order valence-electron chi connectivity index (χ4n) is 1.55.